The zero-order valence-electron chi connectivity index (χ0n) is 11.4. The van der Waals surface area contributed by atoms with Crippen LogP contribution < -0.4 is 10.5 Å². The van der Waals surface area contributed by atoms with Crippen molar-refractivity contribution in [3.8, 4) is 5.75 Å². The fraction of sp³-hybridized carbons (Fsp3) is 0.294. The maximum atomic E-state index is 6.34. The topological polar surface area (TPSA) is 35.2 Å². The highest BCUT2D eigenvalue weighted by molar-refractivity contribution is 5.44. The average Bonchev–Trinajstić information content (AvgIpc) is 2.71. The molecule has 3 rings (SSSR count). The third-order valence-corrected chi connectivity index (χ3v) is 3.60. The van der Waals surface area contributed by atoms with Crippen LogP contribution >= 0.6 is 0 Å². The molecule has 0 radical (unpaired) electrons. The molecule has 2 heteroatoms. The van der Waals surface area contributed by atoms with Crippen molar-refractivity contribution in [3.63, 3.8) is 0 Å². The van der Waals surface area contributed by atoms with Gasteiger partial charge in [0.25, 0.3) is 0 Å². The van der Waals surface area contributed by atoms with Crippen molar-refractivity contribution in [3.05, 3.63) is 65.2 Å². The third-order valence-electron chi connectivity index (χ3n) is 3.60. The maximum absolute atomic E-state index is 6.34. The molecule has 0 fully saturated rings. The summed E-state index contributed by atoms with van der Waals surface area (Å²) < 4.78 is 5.89. The predicted octanol–water partition coefficient (Wildman–Crippen LogP) is 3.45. The van der Waals surface area contributed by atoms with Gasteiger partial charge in [-0.2, -0.15) is 0 Å². The van der Waals surface area contributed by atoms with Crippen molar-refractivity contribution in [2.75, 3.05) is 0 Å². The molecule has 1 aliphatic rings. The van der Waals surface area contributed by atoms with Gasteiger partial charge in [-0.3, -0.25) is 0 Å². The number of nitrogens with two attached hydrogens (primary N) is 1. The summed E-state index contributed by atoms with van der Waals surface area (Å²) >= 11 is 0. The van der Waals surface area contributed by atoms with Crippen LogP contribution in [0.1, 0.15) is 36.6 Å². The lowest BCUT2D eigenvalue weighted by Gasteiger charge is -2.16. The van der Waals surface area contributed by atoms with Crippen LogP contribution in [0.2, 0.25) is 0 Å². The van der Waals surface area contributed by atoms with Crippen molar-refractivity contribution in [1.29, 1.82) is 0 Å². The molecule has 0 saturated carbocycles. The molecule has 1 unspecified atom stereocenters. The molecule has 0 spiro atoms. The first-order chi connectivity index (χ1) is 9.05. The molecule has 19 heavy (non-hydrogen) atoms. The monoisotopic (exact) mass is 253 g/mol. The fourth-order valence-corrected chi connectivity index (χ4v) is 2.68. The molecule has 2 nitrogen and oxygen atoms in total. The molecule has 0 amide bonds. The number of benzene rings is 2. The molecule has 0 aliphatic carbocycles. The van der Waals surface area contributed by atoms with Crippen molar-refractivity contribution >= 4 is 0 Å². The highest BCUT2D eigenvalue weighted by Crippen LogP contribution is 2.36. The van der Waals surface area contributed by atoms with Gasteiger partial charge >= 0.3 is 0 Å². The van der Waals surface area contributed by atoms with Crippen LogP contribution in [0.5, 0.6) is 5.75 Å². The summed E-state index contributed by atoms with van der Waals surface area (Å²) in [7, 11) is 0. The third kappa shape index (κ3) is 2.36. The van der Waals surface area contributed by atoms with Crippen LogP contribution in [-0.4, -0.2) is 5.60 Å². The fourth-order valence-electron chi connectivity index (χ4n) is 2.68. The quantitative estimate of drug-likeness (QED) is 0.889. The number of rotatable bonds is 2. The van der Waals surface area contributed by atoms with Gasteiger partial charge < -0.3 is 10.5 Å². The van der Waals surface area contributed by atoms with Gasteiger partial charge in [-0.1, -0.05) is 42.5 Å². The van der Waals surface area contributed by atoms with Gasteiger partial charge in [0.1, 0.15) is 11.4 Å². The Morgan fingerprint density at radius 1 is 1.05 bits per heavy atom. The van der Waals surface area contributed by atoms with Crippen LogP contribution in [-0.2, 0) is 6.42 Å². The summed E-state index contributed by atoms with van der Waals surface area (Å²) in [5.74, 6) is 0.994. The van der Waals surface area contributed by atoms with Gasteiger partial charge in [-0.15, -0.1) is 0 Å². The van der Waals surface area contributed by atoms with Crippen LogP contribution in [0.3, 0.4) is 0 Å². The number of hydrogen-bond acceptors (Lipinski definition) is 2. The molecule has 1 atom stereocenters. The number of fused-ring (bicyclic) bond motifs is 1. The summed E-state index contributed by atoms with van der Waals surface area (Å²) in [5, 5.41) is 0. The Labute approximate surface area is 114 Å². The minimum atomic E-state index is -0.0994. The normalized spacial score (nSPS) is 17.6. The summed E-state index contributed by atoms with van der Waals surface area (Å²) in [4.78, 5) is 0. The number of hydrogen-bond donors (Lipinski definition) is 1. The lowest BCUT2D eigenvalue weighted by atomic mass is 9.95. The van der Waals surface area contributed by atoms with E-state index < -0.39 is 0 Å². The van der Waals surface area contributed by atoms with Crippen LogP contribution in [0.25, 0.3) is 0 Å². The first-order valence-electron chi connectivity index (χ1n) is 6.67. The highest BCUT2D eigenvalue weighted by Gasteiger charge is 2.30. The second-order valence-corrected chi connectivity index (χ2v) is 5.79. The highest BCUT2D eigenvalue weighted by atomic mass is 16.5. The SMILES string of the molecule is CC1(C)Cc2cc(C(N)c3ccccc3)ccc2O1. The van der Waals surface area contributed by atoms with E-state index in [2.05, 4.69) is 38.1 Å². The predicted molar refractivity (Wildman–Crippen MR) is 77.3 cm³/mol. The summed E-state index contributed by atoms with van der Waals surface area (Å²) in [6.07, 6.45) is 0.942. The summed E-state index contributed by atoms with van der Waals surface area (Å²) in [6, 6.07) is 16.4. The van der Waals surface area contributed by atoms with E-state index >= 15 is 0 Å². The largest absolute Gasteiger partial charge is 0.487 e. The zero-order chi connectivity index (χ0) is 13.5. The lowest BCUT2D eigenvalue weighted by molar-refractivity contribution is 0.138. The Bertz CT molecular complexity index is 589. The minimum Gasteiger partial charge on any atom is -0.487 e. The molecule has 98 valence electrons. The molecular weight excluding hydrogens is 234 g/mol. The van der Waals surface area contributed by atoms with Gasteiger partial charge in [-0.05, 0) is 36.6 Å². The Balaban J connectivity index is 1.92. The Morgan fingerprint density at radius 3 is 2.53 bits per heavy atom. The van der Waals surface area contributed by atoms with E-state index in [0.717, 1.165) is 23.3 Å². The molecule has 2 N–H and O–H groups in total. The molecule has 0 saturated heterocycles. The van der Waals surface area contributed by atoms with Crippen molar-refractivity contribution in [2.24, 2.45) is 5.73 Å². The van der Waals surface area contributed by atoms with E-state index in [-0.39, 0.29) is 11.6 Å². The summed E-state index contributed by atoms with van der Waals surface area (Å²) in [5.41, 5.74) is 9.78. The van der Waals surface area contributed by atoms with E-state index in [0.29, 0.717) is 0 Å². The maximum Gasteiger partial charge on any atom is 0.123 e. The Hall–Kier alpha value is -1.80. The molecule has 0 aromatic heterocycles. The van der Waals surface area contributed by atoms with Gasteiger partial charge in [0.05, 0.1) is 6.04 Å². The van der Waals surface area contributed by atoms with Gasteiger partial charge in [0.15, 0.2) is 0 Å². The molecule has 2 aromatic carbocycles. The van der Waals surface area contributed by atoms with Crippen LogP contribution in [0, 0.1) is 0 Å². The van der Waals surface area contributed by atoms with Crippen molar-refractivity contribution < 1.29 is 4.74 Å². The Kier molecular flexibility index (Phi) is 2.83. The second kappa shape index (κ2) is 4.39. The van der Waals surface area contributed by atoms with Crippen LogP contribution in [0.15, 0.2) is 48.5 Å². The average molecular weight is 253 g/mol. The second-order valence-electron chi connectivity index (χ2n) is 5.79. The van der Waals surface area contributed by atoms with Crippen molar-refractivity contribution in [2.45, 2.75) is 31.9 Å². The van der Waals surface area contributed by atoms with Crippen molar-refractivity contribution in [1.82, 2.24) is 0 Å². The lowest BCUT2D eigenvalue weighted by Crippen LogP contribution is -2.24. The zero-order valence-corrected chi connectivity index (χ0v) is 11.4. The van der Waals surface area contributed by atoms with Crippen LogP contribution in [0.4, 0.5) is 0 Å². The molecule has 1 heterocycles. The van der Waals surface area contributed by atoms with E-state index in [1.165, 1.54) is 5.56 Å². The van der Waals surface area contributed by atoms with Gasteiger partial charge in [-0.25, -0.2) is 0 Å². The first-order valence-corrected chi connectivity index (χ1v) is 6.67. The Morgan fingerprint density at radius 2 is 1.79 bits per heavy atom. The van der Waals surface area contributed by atoms with Gasteiger partial charge in [0.2, 0.25) is 0 Å². The molecule has 0 bridgehead atoms. The molecule has 2 aromatic rings. The first kappa shape index (κ1) is 12.2. The standard InChI is InChI=1S/C17H19NO/c1-17(2)11-14-10-13(8-9-15(14)19-17)16(18)12-6-4-3-5-7-12/h3-10,16H,11,18H2,1-2H3. The molecule has 1 aliphatic heterocycles. The van der Waals surface area contributed by atoms with Gasteiger partial charge in [0, 0.05) is 6.42 Å². The minimum absolute atomic E-state index is 0.0739. The van der Waals surface area contributed by atoms with E-state index in [4.69, 9.17) is 10.5 Å². The van der Waals surface area contributed by atoms with E-state index in [9.17, 15) is 0 Å². The number of ether oxygens (including phenoxy) is 1. The van der Waals surface area contributed by atoms with E-state index in [1.54, 1.807) is 0 Å². The summed E-state index contributed by atoms with van der Waals surface area (Å²) in [6.45, 7) is 4.23. The van der Waals surface area contributed by atoms with E-state index in [1.807, 2.05) is 24.3 Å². The molecular formula is C17H19NO. The smallest absolute Gasteiger partial charge is 0.123 e.